The van der Waals surface area contributed by atoms with Crippen LogP contribution >= 0.6 is 0 Å². The Labute approximate surface area is 184 Å². The van der Waals surface area contributed by atoms with Crippen LogP contribution in [0, 0.1) is 0 Å². The average Bonchev–Trinajstić information content (AvgIpc) is 2.62. The number of nitrogens with one attached hydrogen (secondary N) is 1. The number of primary amides is 3. The fourth-order valence-corrected chi connectivity index (χ4v) is 3.44. The second-order valence-electron chi connectivity index (χ2n) is 8.23. The van der Waals surface area contributed by atoms with E-state index in [0.717, 1.165) is 0 Å². The number of nitrogens with two attached hydrogens (primary N) is 3. The topological polar surface area (TPSA) is 171 Å². The molecule has 1 rings (SSSR count). The number of amides is 4. The molecule has 0 unspecified atom stereocenters. The molecule has 31 heavy (non-hydrogen) atoms. The number of carbonyl (C=O) groups excluding carboxylic acids is 4. The average molecular weight is 443 g/mol. The maximum Gasteiger partial charge on any atom is 0.234 e. The second-order valence-corrected chi connectivity index (χ2v) is 8.23. The molecule has 7 N–H and O–H groups in total. The normalized spacial score (nSPS) is 18.8. The van der Waals surface area contributed by atoms with Gasteiger partial charge in [0.25, 0.3) is 0 Å². The van der Waals surface area contributed by atoms with Gasteiger partial charge in [0, 0.05) is 58.4 Å². The van der Waals surface area contributed by atoms with Crippen molar-refractivity contribution in [3.63, 3.8) is 0 Å². The van der Waals surface area contributed by atoms with Crippen LogP contribution in [0.1, 0.15) is 13.8 Å². The minimum absolute atomic E-state index is 0.0360. The molecule has 0 aromatic rings. The van der Waals surface area contributed by atoms with E-state index < -0.39 is 17.7 Å². The van der Waals surface area contributed by atoms with Gasteiger partial charge in [0.05, 0.1) is 26.2 Å². The zero-order valence-electron chi connectivity index (χ0n) is 18.7. The fraction of sp³-hybridized carbons (Fsp3) is 0.789. The molecule has 0 saturated carbocycles. The Morgan fingerprint density at radius 1 is 0.613 bits per heavy atom. The highest BCUT2D eigenvalue weighted by Crippen LogP contribution is 2.01. The van der Waals surface area contributed by atoms with Crippen LogP contribution in [0.2, 0.25) is 0 Å². The Balaban J connectivity index is 2.93. The van der Waals surface area contributed by atoms with Crippen LogP contribution < -0.4 is 22.5 Å². The molecule has 1 fully saturated rings. The molecule has 12 nitrogen and oxygen atoms in total. The molecule has 1 heterocycles. The number of rotatable bonds is 9. The Morgan fingerprint density at radius 3 is 1.10 bits per heavy atom. The quantitative estimate of drug-likeness (QED) is 0.281. The first kappa shape index (κ1) is 26.8. The van der Waals surface area contributed by atoms with Crippen LogP contribution in [0.3, 0.4) is 0 Å². The standard InChI is InChI=1S/C19H38N8O4/c1-15(2)23-19(31)14-27-9-7-25(12-17(21)29)5-3-24(11-16(20)28)4-6-26(8-10-27)13-18(22)30/h15H,3-14H2,1-2H3,(H2,20,28)(H2,21,29)(H2,22,30)(H,23,31). The summed E-state index contributed by atoms with van der Waals surface area (Å²) in [6.07, 6.45) is 0. The first-order chi connectivity index (χ1) is 14.5. The van der Waals surface area contributed by atoms with Gasteiger partial charge in [-0.15, -0.1) is 0 Å². The second kappa shape index (κ2) is 13.9. The van der Waals surface area contributed by atoms with E-state index in [1.807, 2.05) is 33.4 Å². The van der Waals surface area contributed by atoms with Crippen molar-refractivity contribution in [1.29, 1.82) is 0 Å². The van der Waals surface area contributed by atoms with E-state index in [0.29, 0.717) is 52.4 Å². The largest absolute Gasteiger partial charge is 0.369 e. The maximum atomic E-state index is 12.3. The summed E-state index contributed by atoms with van der Waals surface area (Å²) in [4.78, 5) is 54.4. The minimum Gasteiger partial charge on any atom is -0.369 e. The van der Waals surface area contributed by atoms with E-state index in [2.05, 4.69) is 5.32 Å². The lowest BCUT2D eigenvalue weighted by Crippen LogP contribution is -2.51. The van der Waals surface area contributed by atoms with Gasteiger partial charge in [-0.3, -0.25) is 38.8 Å². The van der Waals surface area contributed by atoms with Gasteiger partial charge in [-0.25, -0.2) is 0 Å². The van der Waals surface area contributed by atoms with Crippen molar-refractivity contribution in [3.8, 4) is 0 Å². The Kier molecular flexibility index (Phi) is 12.0. The highest BCUT2D eigenvalue weighted by atomic mass is 16.2. The molecule has 4 amide bonds. The summed E-state index contributed by atoms with van der Waals surface area (Å²) in [6.45, 7) is 8.43. The summed E-state index contributed by atoms with van der Waals surface area (Å²) >= 11 is 0. The Morgan fingerprint density at radius 2 is 0.871 bits per heavy atom. The number of carbonyl (C=O) groups is 4. The van der Waals surface area contributed by atoms with Gasteiger partial charge in [0.2, 0.25) is 23.6 Å². The molecule has 12 heteroatoms. The van der Waals surface area contributed by atoms with Gasteiger partial charge in [0.1, 0.15) is 0 Å². The molecule has 0 aromatic heterocycles. The Bertz CT molecular complexity index is 584. The first-order valence-corrected chi connectivity index (χ1v) is 10.6. The van der Waals surface area contributed by atoms with E-state index >= 15 is 0 Å². The van der Waals surface area contributed by atoms with Gasteiger partial charge in [-0.05, 0) is 13.8 Å². The van der Waals surface area contributed by atoms with Crippen LogP contribution in [0.4, 0.5) is 0 Å². The summed E-state index contributed by atoms with van der Waals surface area (Å²) < 4.78 is 0. The number of nitrogens with zero attached hydrogens (tertiary/aromatic N) is 4. The number of hydrogen-bond donors (Lipinski definition) is 4. The predicted octanol–water partition coefficient (Wildman–Crippen LogP) is -3.81. The van der Waals surface area contributed by atoms with Gasteiger partial charge in [0.15, 0.2) is 0 Å². The van der Waals surface area contributed by atoms with Gasteiger partial charge in [-0.2, -0.15) is 0 Å². The van der Waals surface area contributed by atoms with E-state index in [4.69, 9.17) is 17.2 Å². The molecule has 0 aromatic carbocycles. The summed E-state index contributed by atoms with van der Waals surface area (Å²) in [5.41, 5.74) is 16.2. The van der Waals surface area contributed by atoms with E-state index in [-0.39, 0.29) is 38.1 Å². The van der Waals surface area contributed by atoms with Gasteiger partial charge in [-0.1, -0.05) is 0 Å². The van der Waals surface area contributed by atoms with Crippen molar-refractivity contribution >= 4 is 23.6 Å². The molecular formula is C19H38N8O4. The van der Waals surface area contributed by atoms with Crippen LogP contribution in [0.25, 0.3) is 0 Å². The highest BCUT2D eigenvalue weighted by molar-refractivity contribution is 5.78. The molecule has 1 saturated heterocycles. The molecule has 0 atom stereocenters. The third kappa shape index (κ3) is 12.9. The highest BCUT2D eigenvalue weighted by Gasteiger charge is 2.20. The molecule has 0 bridgehead atoms. The minimum atomic E-state index is -0.447. The lowest BCUT2D eigenvalue weighted by Gasteiger charge is -2.33. The maximum absolute atomic E-state index is 12.3. The van der Waals surface area contributed by atoms with E-state index in [1.165, 1.54) is 0 Å². The van der Waals surface area contributed by atoms with Crippen LogP contribution in [-0.4, -0.2) is 128 Å². The van der Waals surface area contributed by atoms with Crippen molar-refractivity contribution < 1.29 is 19.2 Å². The van der Waals surface area contributed by atoms with Crippen molar-refractivity contribution in [3.05, 3.63) is 0 Å². The summed E-state index contributed by atoms with van der Waals surface area (Å²) in [7, 11) is 0. The number of hydrogen-bond acceptors (Lipinski definition) is 8. The van der Waals surface area contributed by atoms with Crippen molar-refractivity contribution in [1.82, 2.24) is 24.9 Å². The summed E-state index contributed by atoms with van der Waals surface area (Å²) in [6, 6.07) is 0.0360. The van der Waals surface area contributed by atoms with Gasteiger partial charge >= 0.3 is 0 Å². The monoisotopic (exact) mass is 442 g/mol. The summed E-state index contributed by atoms with van der Waals surface area (Å²) in [5, 5.41) is 2.88. The lowest BCUT2D eigenvalue weighted by atomic mass is 10.3. The molecule has 0 spiro atoms. The van der Waals surface area contributed by atoms with Crippen molar-refractivity contribution in [2.24, 2.45) is 17.2 Å². The molecule has 178 valence electrons. The predicted molar refractivity (Wildman–Crippen MR) is 117 cm³/mol. The molecular weight excluding hydrogens is 404 g/mol. The zero-order chi connectivity index (χ0) is 23.4. The van der Waals surface area contributed by atoms with Crippen LogP contribution in [0.5, 0.6) is 0 Å². The third-order valence-electron chi connectivity index (χ3n) is 4.89. The van der Waals surface area contributed by atoms with Crippen molar-refractivity contribution in [2.45, 2.75) is 19.9 Å². The summed E-state index contributed by atoms with van der Waals surface area (Å²) in [5.74, 6) is -1.41. The molecule has 0 aliphatic carbocycles. The van der Waals surface area contributed by atoms with E-state index in [1.54, 1.807) is 0 Å². The van der Waals surface area contributed by atoms with Gasteiger partial charge < -0.3 is 22.5 Å². The molecule has 1 aliphatic rings. The molecule has 1 aliphatic heterocycles. The smallest absolute Gasteiger partial charge is 0.234 e. The Hall–Kier alpha value is -2.28. The first-order valence-electron chi connectivity index (χ1n) is 10.6. The van der Waals surface area contributed by atoms with Crippen molar-refractivity contribution in [2.75, 3.05) is 78.5 Å². The zero-order valence-corrected chi connectivity index (χ0v) is 18.7. The van der Waals surface area contributed by atoms with Crippen LogP contribution in [-0.2, 0) is 19.2 Å². The van der Waals surface area contributed by atoms with Crippen LogP contribution in [0.15, 0.2) is 0 Å². The third-order valence-corrected chi connectivity index (χ3v) is 4.89. The fourth-order valence-electron chi connectivity index (χ4n) is 3.44. The lowest BCUT2D eigenvalue weighted by molar-refractivity contribution is -0.123. The molecule has 0 radical (unpaired) electrons. The van der Waals surface area contributed by atoms with E-state index in [9.17, 15) is 19.2 Å². The SMILES string of the molecule is CC(C)NC(=O)CN1CCN(CC(N)=O)CCN(CC(N)=O)CCN(CC(N)=O)CC1.